The highest BCUT2D eigenvalue weighted by Gasteiger charge is 2.30. The molecule has 12 heteroatoms. The Morgan fingerprint density at radius 2 is 1.18 bits per heavy atom. The van der Waals surface area contributed by atoms with E-state index in [0.717, 1.165) is 0 Å². The number of hydrogen-bond acceptors (Lipinski definition) is 11. The van der Waals surface area contributed by atoms with Gasteiger partial charge in [-0.3, -0.25) is 0 Å². The van der Waals surface area contributed by atoms with Gasteiger partial charge >= 0.3 is 0 Å². The minimum atomic E-state index is -1.01. The predicted molar refractivity (Wildman–Crippen MR) is 99.6 cm³/mol. The lowest BCUT2D eigenvalue weighted by Gasteiger charge is -2.11. The maximum absolute atomic E-state index is 10.5. The second kappa shape index (κ2) is 5.78. The van der Waals surface area contributed by atoms with Crippen molar-refractivity contribution >= 4 is 43.1 Å². The van der Waals surface area contributed by atoms with Crippen LogP contribution >= 0.6 is 22.9 Å². The summed E-state index contributed by atoms with van der Waals surface area (Å²) in [7, 11) is 0. The molecule has 0 fully saturated rings. The summed E-state index contributed by atoms with van der Waals surface area (Å²) in [6.07, 6.45) is 0. The predicted octanol–water partition coefficient (Wildman–Crippen LogP) is 2.81. The van der Waals surface area contributed by atoms with Gasteiger partial charge in [0.2, 0.25) is 22.5 Å². The summed E-state index contributed by atoms with van der Waals surface area (Å²) in [5.74, 6) is -6.03. The molecule has 0 atom stereocenters. The zero-order valence-corrected chi connectivity index (χ0v) is 15.3. The van der Waals surface area contributed by atoms with E-state index in [4.69, 9.17) is 11.6 Å². The highest BCUT2D eigenvalue weighted by Crippen LogP contribution is 2.59. The molecule has 4 aromatic rings. The molecule has 0 aliphatic heterocycles. The molecule has 0 amide bonds. The molecule has 144 valence electrons. The summed E-state index contributed by atoms with van der Waals surface area (Å²) in [6, 6.07) is 0. The molecule has 0 radical (unpaired) electrons. The van der Waals surface area contributed by atoms with Crippen LogP contribution in [0.1, 0.15) is 5.82 Å². The zero-order chi connectivity index (χ0) is 20.5. The van der Waals surface area contributed by atoms with E-state index in [0.29, 0.717) is 11.3 Å². The van der Waals surface area contributed by atoms with E-state index in [-0.39, 0.29) is 42.7 Å². The first kappa shape index (κ1) is 17.9. The molecule has 0 aliphatic carbocycles. The first-order valence-electron chi connectivity index (χ1n) is 7.50. The van der Waals surface area contributed by atoms with Crippen LogP contribution in [0.2, 0.25) is 5.28 Å². The Bertz CT molecular complexity index is 1300. The van der Waals surface area contributed by atoms with Crippen molar-refractivity contribution < 1.29 is 35.7 Å². The van der Waals surface area contributed by atoms with Gasteiger partial charge in [0.05, 0.1) is 20.3 Å². The molecule has 2 aromatic heterocycles. The number of benzene rings is 2. The number of halogens is 1. The molecule has 0 saturated heterocycles. The minimum absolute atomic E-state index is 0.0786. The molecule has 28 heavy (non-hydrogen) atoms. The SMILES string of the molecule is Cc1nc(Cl)nc(-c2c(O)c(O)c(O)c3sc4c(O)c(O)c(O)c(O)c4c23)n1. The topological polar surface area (TPSA) is 180 Å². The van der Waals surface area contributed by atoms with Gasteiger partial charge in [-0.2, -0.15) is 4.98 Å². The standard InChI is InChI=1S/C16H10ClN3O7S/c1-2-18-15(20-16(17)19-2)5-3-4-6(21)8(23)10(25)12(27)14(4)28-13(3)11(26)9(24)7(5)22/h21-27H,1H3. The number of hydrogen-bond donors (Lipinski definition) is 7. The molecular weight excluding hydrogens is 414 g/mol. The van der Waals surface area contributed by atoms with Crippen LogP contribution in [0.25, 0.3) is 31.6 Å². The third-order valence-electron chi connectivity index (χ3n) is 4.13. The maximum Gasteiger partial charge on any atom is 0.226 e. The van der Waals surface area contributed by atoms with Gasteiger partial charge < -0.3 is 35.7 Å². The smallest absolute Gasteiger partial charge is 0.226 e. The monoisotopic (exact) mass is 423 g/mol. The number of phenols is 7. The molecule has 4 rings (SSSR count). The van der Waals surface area contributed by atoms with E-state index in [1.165, 1.54) is 6.92 Å². The molecular formula is C16H10ClN3O7S. The molecule has 7 N–H and O–H groups in total. The Morgan fingerprint density at radius 1 is 0.643 bits per heavy atom. The summed E-state index contributed by atoms with van der Waals surface area (Å²) < 4.78 is -0.202. The number of phenolic OH excluding ortho intramolecular Hbond substituents is 7. The second-order valence-corrected chi connectivity index (χ2v) is 7.16. The van der Waals surface area contributed by atoms with Gasteiger partial charge in [-0.1, -0.05) is 0 Å². The van der Waals surface area contributed by atoms with Gasteiger partial charge in [-0.15, -0.1) is 11.3 Å². The van der Waals surface area contributed by atoms with Crippen molar-refractivity contribution in [1.29, 1.82) is 0 Å². The molecule has 0 saturated carbocycles. The number of aryl methyl sites for hydroxylation is 1. The first-order chi connectivity index (χ1) is 13.1. The molecule has 10 nitrogen and oxygen atoms in total. The van der Waals surface area contributed by atoms with Gasteiger partial charge in [0, 0.05) is 5.39 Å². The summed E-state index contributed by atoms with van der Waals surface area (Å²) in [5.41, 5.74) is -0.233. The van der Waals surface area contributed by atoms with Crippen LogP contribution in [0, 0.1) is 6.92 Å². The van der Waals surface area contributed by atoms with Crippen LogP contribution in [-0.4, -0.2) is 50.7 Å². The van der Waals surface area contributed by atoms with Crippen LogP contribution in [0.3, 0.4) is 0 Å². The number of nitrogens with zero attached hydrogens (tertiary/aromatic N) is 3. The molecule has 0 unspecified atom stereocenters. The van der Waals surface area contributed by atoms with Gasteiger partial charge in [0.15, 0.2) is 28.8 Å². The van der Waals surface area contributed by atoms with Crippen LogP contribution in [-0.2, 0) is 0 Å². The lowest BCUT2D eigenvalue weighted by molar-refractivity contribution is 0.351. The molecule has 0 aliphatic rings. The van der Waals surface area contributed by atoms with Crippen LogP contribution in [0.4, 0.5) is 0 Å². The summed E-state index contributed by atoms with van der Waals surface area (Å²) in [5, 5.41) is 70.6. The summed E-state index contributed by atoms with van der Waals surface area (Å²) in [6.45, 7) is 1.50. The van der Waals surface area contributed by atoms with Crippen LogP contribution in [0.5, 0.6) is 40.2 Å². The van der Waals surface area contributed by atoms with Crippen molar-refractivity contribution in [3.8, 4) is 51.6 Å². The van der Waals surface area contributed by atoms with Gasteiger partial charge in [-0.05, 0) is 18.5 Å². The van der Waals surface area contributed by atoms with Gasteiger partial charge in [-0.25, -0.2) is 9.97 Å². The van der Waals surface area contributed by atoms with Crippen molar-refractivity contribution in [3.05, 3.63) is 11.1 Å². The van der Waals surface area contributed by atoms with Crippen LogP contribution < -0.4 is 0 Å². The van der Waals surface area contributed by atoms with E-state index in [1.54, 1.807) is 0 Å². The van der Waals surface area contributed by atoms with Crippen molar-refractivity contribution in [3.63, 3.8) is 0 Å². The van der Waals surface area contributed by atoms with Gasteiger partial charge in [0.25, 0.3) is 0 Å². The van der Waals surface area contributed by atoms with E-state index < -0.39 is 40.2 Å². The Labute approximate surface area is 163 Å². The fourth-order valence-electron chi connectivity index (χ4n) is 2.91. The summed E-state index contributed by atoms with van der Waals surface area (Å²) >= 11 is 6.54. The Balaban J connectivity index is 2.34. The zero-order valence-electron chi connectivity index (χ0n) is 13.8. The lowest BCUT2D eigenvalue weighted by atomic mass is 10.0. The second-order valence-electron chi connectivity index (χ2n) is 5.80. The maximum atomic E-state index is 10.5. The number of fused-ring (bicyclic) bond motifs is 3. The molecule has 0 spiro atoms. The Morgan fingerprint density at radius 3 is 1.79 bits per heavy atom. The number of rotatable bonds is 1. The average Bonchev–Trinajstić information content (AvgIpc) is 3.02. The molecule has 2 aromatic carbocycles. The highest BCUT2D eigenvalue weighted by molar-refractivity contribution is 7.26. The van der Waals surface area contributed by atoms with E-state index in [9.17, 15) is 35.7 Å². The van der Waals surface area contributed by atoms with Crippen LogP contribution in [0.15, 0.2) is 0 Å². The fourth-order valence-corrected chi connectivity index (χ4v) is 4.31. The van der Waals surface area contributed by atoms with Crippen molar-refractivity contribution in [2.45, 2.75) is 6.92 Å². The third kappa shape index (κ3) is 2.23. The van der Waals surface area contributed by atoms with Crippen molar-refractivity contribution in [1.82, 2.24) is 15.0 Å². The minimum Gasteiger partial charge on any atom is -0.504 e. The largest absolute Gasteiger partial charge is 0.504 e. The third-order valence-corrected chi connectivity index (χ3v) is 5.50. The lowest BCUT2D eigenvalue weighted by Crippen LogP contribution is -1.97. The number of aromatic nitrogens is 3. The van der Waals surface area contributed by atoms with E-state index >= 15 is 0 Å². The summed E-state index contributed by atoms with van der Waals surface area (Å²) in [4.78, 5) is 11.8. The quantitative estimate of drug-likeness (QED) is 0.177. The number of thiophene rings is 1. The van der Waals surface area contributed by atoms with Gasteiger partial charge in [0.1, 0.15) is 5.82 Å². The Hall–Kier alpha value is -3.44. The van der Waals surface area contributed by atoms with E-state index in [1.807, 2.05) is 0 Å². The normalized spacial score (nSPS) is 11.5. The van der Waals surface area contributed by atoms with Crippen molar-refractivity contribution in [2.24, 2.45) is 0 Å². The Kier molecular flexibility index (Phi) is 3.70. The molecule has 2 heterocycles. The average molecular weight is 424 g/mol. The molecule has 0 bridgehead atoms. The first-order valence-corrected chi connectivity index (χ1v) is 8.70. The van der Waals surface area contributed by atoms with Crippen molar-refractivity contribution in [2.75, 3.05) is 0 Å². The van der Waals surface area contributed by atoms with E-state index in [2.05, 4.69) is 15.0 Å². The fraction of sp³-hybridized carbons (Fsp3) is 0.0625. The highest BCUT2D eigenvalue weighted by atomic mass is 35.5. The number of aromatic hydroxyl groups is 7.